The molecule has 5 heteroatoms. The first kappa shape index (κ1) is 13.4. The summed E-state index contributed by atoms with van der Waals surface area (Å²) in [5.74, 6) is -1.05. The van der Waals surface area contributed by atoms with Crippen molar-refractivity contribution in [1.29, 1.82) is 0 Å². The van der Waals surface area contributed by atoms with Gasteiger partial charge >= 0.3 is 5.97 Å². The van der Waals surface area contributed by atoms with Crippen molar-refractivity contribution >= 4 is 23.3 Å². The van der Waals surface area contributed by atoms with Crippen LogP contribution in [0.25, 0.3) is 0 Å². The average Bonchev–Trinajstić information content (AvgIpc) is 2.39. The van der Waals surface area contributed by atoms with Crippen LogP contribution in [0, 0.1) is 0 Å². The number of halogens is 1. The molecular weight excluding hydrogens is 264 g/mol. The number of rotatable bonds is 4. The molecule has 0 saturated carbocycles. The van der Waals surface area contributed by atoms with E-state index in [0.29, 0.717) is 10.7 Å². The van der Waals surface area contributed by atoms with E-state index >= 15 is 0 Å². The number of aromatic nitrogens is 1. The van der Waals surface area contributed by atoms with E-state index in [2.05, 4.69) is 10.3 Å². The second kappa shape index (κ2) is 5.71. The van der Waals surface area contributed by atoms with Crippen molar-refractivity contribution in [3.63, 3.8) is 0 Å². The number of carboxylic acid groups (broad SMARTS) is 1. The topological polar surface area (TPSA) is 62.2 Å². The molecule has 2 rings (SSSR count). The molecule has 0 radical (unpaired) electrons. The van der Waals surface area contributed by atoms with Gasteiger partial charge in [-0.3, -0.25) is 0 Å². The van der Waals surface area contributed by atoms with Gasteiger partial charge < -0.3 is 10.4 Å². The van der Waals surface area contributed by atoms with Crippen molar-refractivity contribution in [3.05, 3.63) is 58.9 Å². The lowest BCUT2D eigenvalue weighted by molar-refractivity contribution is 0.0690. The van der Waals surface area contributed by atoms with Crippen molar-refractivity contribution in [2.75, 3.05) is 5.32 Å². The minimum Gasteiger partial charge on any atom is -0.477 e. The van der Waals surface area contributed by atoms with Crippen LogP contribution in [0.15, 0.2) is 42.6 Å². The smallest absolute Gasteiger partial charge is 0.354 e. The van der Waals surface area contributed by atoms with Crippen LogP contribution in [0.4, 0.5) is 5.69 Å². The number of hydrogen-bond acceptors (Lipinski definition) is 3. The Bertz CT molecular complexity index is 602. The molecule has 0 fully saturated rings. The molecule has 0 amide bonds. The standard InChI is InChI=1S/C14H13ClN2O2/c1-9(11-4-2-3-5-12(11)15)17-10-6-7-16-13(8-10)14(18)19/h2-9H,1H3,(H,16,17)(H,18,19). The van der Waals surface area contributed by atoms with Gasteiger partial charge in [0.2, 0.25) is 0 Å². The fourth-order valence-electron chi connectivity index (χ4n) is 1.79. The number of benzene rings is 1. The first-order valence-electron chi connectivity index (χ1n) is 5.78. The molecule has 1 aromatic heterocycles. The number of aromatic carboxylic acids is 1. The van der Waals surface area contributed by atoms with Gasteiger partial charge in [0, 0.05) is 22.9 Å². The number of pyridine rings is 1. The molecule has 1 heterocycles. The quantitative estimate of drug-likeness (QED) is 0.895. The third-order valence-electron chi connectivity index (χ3n) is 2.73. The van der Waals surface area contributed by atoms with Crippen molar-refractivity contribution in [3.8, 4) is 0 Å². The van der Waals surface area contributed by atoms with Gasteiger partial charge in [-0.15, -0.1) is 0 Å². The maximum Gasteiger partial charge on any atom is 0.354 e. The van der Waals surface area contributed by atoms with E-state index in [1.807, 2.05) is 31.2 Å². The molecule has 1 unspecified atom stereocenters. The highest BCUT2D eigenvalue weighted by Gasteiger charge is 2.10. The lowest BCUT2D eigenvalue weighted by Crippen LogP contribution is -2.08. The maximum atomic E-state index is 10.9. The van der Waals surface area contributed by atoms with Gasteiger partial charge in [-0.25, -0.2) is 9.78 Å². The lowest BCUT2D eigenvalue weighted by Gasteiger charge is -2.17. The van der Waals surface area contributed by atoms with Gasteiger partial charge in [-0.05, 0) is 30.7 Å². The Hall–Kier alpha value is -2.07. The zero-order valence-electron chi connectivity index (χ0n) is 10.3. The van der Waals surface area contributed by atoms with E-state index in [9.17, 15) is 4.79 Å². The van der Waals surface area contributed by atoms with Crippen LogP contribution < -0.4 is 5.32 Å². The second-order valence-corrected chi connectivity index (χ2v) is 4.53. The molecule has 1 aromatic carbocycles. The highest BCUT2D eigenvalue weighted by Crippen LogP contribution is 2.25. The van der Waals surface area contributed by atoms with Crippen molar-refractivity contribution < 1.29 is 9.90 Å². The monoisotopic (exact) mass is 276 g/mol. The Morgan fingerprint density at radius 3 is 2.79 bits per heavy atom. The Balaban J connectivity index is 2.19. The fourth-order valence-corrected chi connectivity index (χ4v) is 2.09. The summed E-state index contributed by atoms with van der Waals surface area (Å²) in [5, 5.41) is 12.8. The van der Waals surface area contributed by atoms with Crippen molar-refractivity contribution in [2.45, 2.75) is 13.0 Å². The third-order valence-corrected chi connectivity index (χ3v) is 3.08. The first-order chi connectivity index (χ1) is 9.08. The zero-order chi connectivity index (χ0) is 13.8. The Kier molecular flexibility index (Phi) is 4.02. The summed E-state index contributed by atoms with van der Waals surface area (Å²) < 4.78 is 0. The van der Waals surface area contributed by atoms with E-state index in [1.54, 1.807) is 6.07 Å². The molecule has 0 aliphatic carbocycles. The van der Waals surface area contributed by atoms with E-state index in [-0.39, 0.29) is 11.7 Å². The van der Waals surface area contributed by atoms with Gasteiger partial charge in [0.05, 0.1) is 0 Å². The Morgan fingerprint density at radius 2 is 2.11 bits per heavy atom. The van der Waals surface area contributed by atoms with Crippen LogP contribution in [0.1, 0.15) is 29.0 Å². The minimum atomic E-state index is -1.05. The van der Waals surface area contributed by atoms with E-state index in [1.165, 1.54) is 12.3 Å². The number of nitrogens with zero attached hydrogens (tertiary/aromatic N) is 1. The van der Waals surface area contributed by atoms with E-state index in [0.717, 1.165) is 5.56 Å². The minimum absolute atomic E-state index is 0.0105. The number of carbonyl (C=O) groups is 1. The highest BCUT2D eigenvalue weighted by molar-refractivity contribution is 6.31. The molecular formula is C14H13ClN2O2. The van der Waals surface area contributed by atoms with Gasteiger partial charge in [0.25, 0.3) is 0 Å². The third kappa shape index (κ3) is 3.23. The van der Waals surface area contributed by atoms with Crippen LogP contribution >= 0.6 is 11.6 Å². The van der Waals surface area contributed by atoms with Gasteiger partial charge in [-0.2, -0.15) is 0 Å². The fraction of sp³-hybridized carbons (Fsp3) is 0.143. The summed E-state index contributed by atoms with van der Waals surface area (Å²) in [6.07, 6.45) is 1.46. The molecule has 1 atom stereocenters. The number of nitrogens with one attached hydrogen (secondary N) is 1. The molecule has 0 saturated heterocycles. The molecule has 19 heavy (non-hydrogen) atoms. The Labute approximate surface area is 116 Å². The predicted octanol–water partition coefficient (Wildman–Crippen LogP) is 3.61. The largest absolute Gasteiger partial charge is 0.477 e. The predicted molar refractivity (Wildman–Crippen MR) is 74.7 cm³/mol. The van der Waals surface area contributed by atoms with Crippen LogP contribution in [-0.4, -0.2) is 16.1 Å². The van der Waals surface area contributed by atoms with Crippen LogP contribution in [-0.2, 0) is 0 Å². The molecule has 2 N–H and O–H groups in total. The summed E-state index contributed by atoms with van der Waals surface area (Å²) in [4.78, 5) is 14.6. The van der Waals surface area contributed by atoms with E-state index < -0.39 is 5.97 Å². The summed E-state index contributed by atoms with van der Waals surface area (Å²) in [7, 11) is 0. The molecule has 4 nitrogen and oxygen atoms in total. The molecule has 0 bridgehead atoms. The van der Waals surface area contributed by atoms with Gasteiger partial charge in [-0.1, -0.05) is 29.8 Å². The normalized spacial score (nSPS) is 11.9. The van der Waals surface area contributed by atoms with Crippen LogP contribution in [0.2, 0.25) is 5.02 Å². The SMILES string of the molecule is CC(Nc1ccnc(C(=O)O)c1)c1ccccc1Cl. The summed E-state index contributed by atoms with van der Waals surface area (Å²) in [6, 6.07) is 10.7. The van der Waals surface area contributed by atoms with E-state index in [4.69, 9.17) is 16.7 Å². The average molecular weight is 277 g/mol. The highest BCUT2D eigenvalue weighted by atomic mass is 35.5. The summed E-state index contributed by atoms with van der Waals surface area (Å²) in [6.45, 7) is 1.96. The van der Waals surface area contributed by atoms with Gasteiger partial charge in [0.1, 0.15) is 5.69 Å². The number of carboxylic acids is 1. The van der Waals surface area contributed by atoms with Crippen LogP contribution in [0.3, 0.4) is 0 Å². The molecule has 2 aromatic rings. The first-order valence-corrected chi connectivity index (χ1v) is 6.16. The number of anilines is 1. The molecule has 98 valence electrons. The van der Waals surface area contributed by atoms with Crippen molar-refractivity contribution in [2.24, 2.45) is 0 Å². The summed E-state index contributed by atoms with van der Waals surface area (Å²) >= 11 is 6.12. The second-order valence-electron chi connectivity index (χ2n) is 4.12. The lowest BCUT2D eigenvalue weighted by atomic mass is 10.1. The summed E-state index contributed by atoms with van der Waals surface area (Å²) in [5.41, 5.74) is 1.66. The van der Waals surface area contributed by atoms with Gasteiger partial charge in [0.15, 0.2) is 0 Å². The maximum absolute atomic E-state index is 10.9. The number of hydrogen-bond donors (Lipinski definition) is 2. The van der Waals surface area contributed by atoms with Crippen LogP contribution in [0.5, 0.6) is 0 Å². The Morgan fingerprint density at radius 1 is 1.37 bits per heavy atom. The molecule has 0 aliphatic heterocycles. The molecule has 0 spiro atoms. The molecule has 0 aliphatic rings. The van der Waals surface area contributed by atoms with Crippen molar-refractivity contribution in [1.82, 2.24) is 4.98 Å². The zero-order valence-corrected chi connectivity index (χ0v) is 11.1.